The van der Waals surface area contributed by atoms with Crippen molar-refractivity contribution >= 4 is 5.91 Å². The molecule has 1 atom stereocenters. The van der Waals surface area contributed by atoms with Gasteiger partial charge >= 0.3 is 0 Å². The van der Waals surface area contributed by atoms with E-state index in [1.165, 1.54) is 31.4 Å². The minimum atomic E-state index is 0.101. The highest BCUT2D eigenvalue weighted by Gasteiger charge is 2.28. The Labute approximate surface area is 91.5 Å². The van der Waals surface area contributed by atoms with Crippen molar-refractivity contribution < 1.29 is 4.79 Å². The predicted octanol–water partition coefficient (Wildman–Crippen LogP) is 2.00. The minimum Gasteiger partial charge on any atom is -0.354 e. The third kappa shape index (κ3) is 2.33. The molecular weight excluding hydrogens is 188 g/mol. The van der Waals surface area contributed by atoms with Gasteiger partial charge in [-0.1, -0.05) is 13.3 Å². The number of carbonyl (C=O) groups excluding carboxylic acids is 1. The quantitative estimate of drug-likeness (QED) is 0.769. The highest BCUT2D eigenvalue weighted by atomic mass is 16.1. The van der Waals surface area contributed by atoms with Crippen LogP contribution in [-0.4, -0.2) is 23.5 Å². The van der Waals surface area contributed by atoms with Crippen LogP contribution in [0.2, 0.25) is 0 Å². The average molecular weight is 208 g/mol. The molecule has 0 aliphatic carbocycles. The van der Waals surface area contributed by atoms with E-state index >= 15 is 0 Å². The van der Waals surface area contributed by atoms with Crippen molar-refractivity contribution in [1.29, 1.82) is 0 Å². The first-order valence-corrected chi connectivity index (χ1v) is 6.09. The maximum Gasteiger partial charge on any atom is 0.247 e. The van der Waals surface area contributed by atoms with Crippen LogP contribution in [0.15, 0.2) is 11.8 Å². The minimum absolute atomic E-state index is 0.101. The number of nitrogens with zero attached hydrogens (tertiary/aromatic N) is 1. The molecule has 1 amide bonds. The number of fused-ring (bicyclic) bond motifs is 1. The van der Waals surface area contributed by atoms with Gasteiger partial charge in [-0.2, -0.15) is 0 Å². The van der Waals surface area contributed by atoms with Crippen molar-refractivity contribution in [2.24, 2.45) is 0 Å². The lowest BCUT2D eigenvalue weighted by molar-refractivity contribution is -0.119. The van der Waals surface area contributed by atoms with Crippen LogP contribution in [0.4, 0.5) is 0 Å². The van der Waals surface area contributed by atoms with Gasteiger partial charge in [0.2, 0.25) is 5.91 Å². The number of piperidine rings is 1. The molecule has 2 aliphatic rings. The Morgan fingerprint density at radius 3 is 3.20 bits per heavy atom. The van der Waals surface area contributed by atoms with Crippen LogP contribution < -0.4 is 5.32 Å². The molecule has 15 heavy (non-hydrogen) atoms. The highest BCUT2D eigenvalue weighted by molar-refractivity contribution is 5.89. The smallest absolute Gasteiger partial charge is 0.247 e. The first-order chi connectivity index (χ1) is 7.31. The summed E-state index contributed by atoms with van der Waals surface area (Å²) in [5.74, 6) is 0.101. The molecule has 0 saturated carbocycles. The van der Waals surface area contributed by atoms with Crippen LogP contribution in [0, 0.1) is 0 Å². The molecule has 84 valence electrons. The van der Waals surface area contributed by atoms with E-state index in [0.29, 0.717) is 0 Å². The lowest BCUT2D eigenvalue weighted by Gasteiger charge is -2.41. The van der Waals surface area contributed by atoms with Gasteiger partial charge in [0.25, 0.3) is 0 Å². The maximum absolute atomic E-state index is 11.5. The average Bonchev–Trinajstić information content (AvgIpc) is 2.25. The number of hydrogen-bond acceptors (Lipinski definition) is 2. The monoisotopic (exact) mass is 208 g/mol. The number of amides is 1. The molecule has 0 radical (unpaired) electrons. The fourth-order valence-corrected chi connectivity index (χ4v) is 2.44. The zero-order valence-electron chi connectivity index (χ0n) is 9.46. The van der Waals surface area contributed by atoms with Crippen molar-refractivity contribution in [3.05, 3.63) is 11.8 Å². The Bertz CT molecular complexity index is 273. The lowest BCUT2D eigenvalue weighted by Crippen LogP contribution is -2.53. The number of unbranched alkanes of at least 4 members (excludes halogenated alkanes) is 1. The van der Waals surface area contributed by atoms with Gasteiger partial charge in [-0.05, 0) is 32.1 Å². The number of allylic oxidation sites excluding steroid dienone is 1. The summed E-state index contributed by atoms with van der Waals surface area (Å²) in [6.07, 6.45) is 9.11. The Kier molecular flexibility index (Phi) is 3.29. The number of carbonyl (C=O) groups is 1. The summed E-state index contributed by atoms with van der Waals surface area (Å²) in [5.41, 5.74) is 1.25. The summed E-state index contributed by atoms with van der Waals surface area (Å²) in [6, 6.07) is 0. The van der Waals surface area contributed by atoms with E-state index in [9.17, 15) is 4.79 Å². The first-order valence-electron chi connectivity index (χ1n) is 6.09. The molecule has 1 fully saturated rings. The van der Waals surface area contributed by atoms with E-state index in [0.717, 1.165) is 19.4 Å². The van der Waals surface area contributed by atoms with Crippen LogP contribution in [0.25, 0.3) is 0 Å². The van der Waals surface area contributed by atoms with Crippen molar-refractivity contribution in [3.8, 4) is 0 Å². The van der Waals surface area contributed by atoms with Gasteiger partial charge in [0, 0.05) is 18.3 Å². The summed E-state index contributed by atoms with van der Waals surface area (Å²) < 4.78 is 0. The fraction of sp³-hybridized carbons (Fsp3) is 0.750. The number of hydrogen-bond donors (Lipinski definition) is 1. The van der Waals surface area contributed by atoms with Gasteiger partial charge in [-0.25, -0.2) is 0 Å². The van der Waals surface area contributed by atoms with E-state index < -0.39 is 0 Å². The van der Waals surface area contributed by atoms with E-state index in [1.54, 1.807) is 6.08 Å². The Balaban J connectivity index is 2.07. The summed E-state index contributed by atoms with van der Waals surface area (Å²) in [7, 11) is 0. The van der Waals surface area contributed by atoms with Gasteiger partial charge in [-0.15, -0.1) is 0 Å². The summed E-state index contributed by atoms with van der Waals surface area (Å²) in [6.45, 7) is 3.30. The van der Waals surface area contributed by atoms with Crippen molar-refractivity contribution in [1.82, 2.24) is 10.2 Å². The summed E-state index contributed by atoms with van der Waals surface area (Å²) >= 11 is 0. The molecule has 0 aromatic carbocycles. The van der Waals surface area contributed by atoms with Crippen LogP contribution in [-0.2, 0) is 4.79 Å². The summed E-state index contributed by atoms with van der Waals surface area (Å²) in [4.78, 5) is 13.9. The molecule has 2 rings (SSSR count). The summed E-state index contributed by atoms with van der Waals surface area (Å²) in [5, 5.41) is 3.04. The molecule has 1 saturated heterocycles. The highest BCUT2D eigenvalue weighted by Crippen LogP contribution is 2.25. The lowest BCUT2D eigenvalue weighted by atomic mass is 10.0. The second-order valence-electron chi connectivity index (χ2n) is 4.45. The van der Waals surface area contributed by atoms with Gasteiger partial charge in [-0.3, -0.25) is 4.79 Å². The Morgan fingerprint density at radius 2 is 2.40 bits per heavy atom. The zero-order valence-corrected chi connectivity index (χ0v) is 9.46. The third-order valence-electron chi connectivity index (χ3n) is 3.26. The van der Waals surface area contributed by atoms with E-state index in [4.69, 9.17) is 0 Å². The molecule has 1 N–H and O–H groups in total. The standard InChI is InChI=1S/C12H20N2O/c1-2-3-6-10-9-12(15)13-11-7-4-5-8-14(10)11/h9,11H,2-8H2,1H3,(H,13,15). The molecular formula is C12H20N2O. The fourth-order valence-electron chi connectivity index (χ4n) is 2.44. The SMILES string of the molecule is CCCCC1=CC(=O)NC2CCCCN12. The van der Waals surface area contributed by atoms with Crippen molar-refractivity contribution in [3.63, 3.8) is 0 Å². The molecule has 3 heteroatoms. The van der Waals surface area contributed by atoms with Gasteiger partial charge in [0.1, 0.15) is 6.17 Å². The van der Waals surface area contributed by atoms with Gasteiger partial charge in [0.15, 0.2) is 0 Å². The second-order valence-corrected chi connectivity index (χ2v) is 4.45. The Hall–Kier alpha value is -0.990. The first kappa shape index (κ1) is 10.5. The van der Waals surface area contributed by atoms with Crippen LogP contribution in [0.5, 0.6) is 0 Å². The second kappa shape index (κ2) is 4.69. The number of nitrogens with one attached hydrogen (secondary N) is 1. The van der Waals surface area contributed by atoms with Gasteiger partial charge in [0.05, 0.1) is 0 Å². The number of rotatable bonds is 3. The van der Waals surface area contributed by atoms with Crippen LogP contribution in [0.3, 0.4) is 0 Å². The Morgan fingerprint density at radius 1 is 1.53 bits per heavy atom. The van der Waals surface area contributed by atoms with Crippen LogP contribution >= 0.6 is 0 Å². The molecule has 0 bridgehead atoms. The van der Waals surface area contributed by atoms with E-state index in [2.05, 4.69) is 17.1 Å². The van der Waals surface area contributed by atoms with E-state index in [-0.39, 0.29) is 12.1 Å². The van der Waals surface area contributed by atoms with Crippen LogP contribution in [0.1, 0.15) is 45.4 Å². The molecule has 0 aromatic heterocycles. The van der Waals surface area contributed by atoms with Gasteiger partial charge < -0.3 is 10.2 Å². The molecule has 2 aliphatic heterocycles. The molecule has 3 nitrogen and oxygen atoms in total. The van der Waals surface area contributed by atoms with Crippen molar-refractivity contribution in [2.45, 2.75) is 51.6 Å². The predicted molar refractivity (Wildman–Crippen MR) is 60.1 cm³/mol. The van der Waals surface area contributed by atoms with Crippen molar-refractivity contribution in [2.75, 3.05) is 6.54 Å². The normalized spacial score (nSPS) is 25.7. The maximum atomic E-state index is 11.5. The largest absolute Gasteiger partial charge is 0.354 e. The third-order valence-corrected chi connectivity index (χ3v) is 3.26. The molecule has 2 heterocycles. The topological polar surface area (TPSA) is 32.3 Å². The molecule has 1 unspecified atom stereocenters. The van der Waals surface area contributed by atoms with E-state index in [1.807, 2.05) is 0 Å². The zero-order chi connectivity index (χ0) is 10.7. The molecule has 0 spiro atoms. The molecule has 0 aromatic rings.